The van der Waals surface area contributed by atoms with E-state index in [2.05, 4.69) is 25.9 Å². The summed E-state index contributed by atoms with van der Waals surface area (Å²) in [6.07, 6.45) is -10.8. The van der Waals surface area contributed by atoms with Crippen molar-refractivity contribution in [1.29, 1.82) is 0 Å². The monoisotopic (exact) mass is 647 g/mol. The fourth-order valence-corrected chi connectivity index (χ4v) is 4.62. The van der Waals surface area contributed by atoms with Gasteiger partial charge in [-0.2, -0.15) is 26.3 Å². The molecule has 40 heavy (non-hydrogen) atoms. The first-order valence-corrected chi connectivity index (χ1v) is 12.6. The molecule has 11 nitrogen and oxygen atoms in total. The van der Waals surface area contributed by atoms with Gasteiger partial charge in [-0.15, -0.1) is 0 Å². The number of carboxylic acid groups (broad SMARTS) is 1. The molecule has 0 saturated heterocycles. The lowest BCUT2D eigenvalue weighted by Crippen LogP contribution is -2.42. The molecule has 0 unspecified atom stereocenters. The number of halogens is 7. The predicted molar refractivity (Wildman–Crippen MR) is 132 cm³/mol. The number of carbonyl (C=O) groups excluding carboxylic acids is 1. The van der Waals surface area contributed by atoms with E-state index >= 15 is 0 Å². The zero-order valence-corrected chi connectivity index (χ0v) is 23.8. The smallest absolute Gasteiger partial charge is 0.449 e. The van der Waals surface area contributed by atoms with Crippen molar-refractivity contribution < 1.29 is 45.8 Å². The summed E-state index contributed by atoms with van der Waals surface area (Å²) in [5.41, 5.74) is -0.0681. The third-order valence-electron chi connectivity index (χ3n) is 5.80. The van der Waals surface area contributed by atoms with Gasteiger partial charge in [-0.05, 0) is 36.7 Å². The SMILES string of the molecule is CN(C)c1nc(C(F)(F)F)n2c1CN(C(=O)OC(C)(C)C)CC2.O=C(O)N1CCn2c(C(F)(F)F)nc(Br)c2C1. The van der Waals surface area contributed by atoms with E-state index in [9.17, 15) is 35.9 Å². The number of hydrogen-bond donors (Lipinski definition) is 1. The first-order valence-electron chi connectivity index (χ1n) is 11.8. The largest absolute Gasteiger partial charge is 0.465 e. The van der Waals surface area contributed by atoms with Crippen LogP contribution in [0.25, 0.3) is 0 Å². The molecule has 0 radical (unpaired) electrons. The number of fused-ring (bicyclic) bond motifs is 2. The van der Waals surface area contributed by atoms with Gasteiger partial charge in [0, 0.05) is 40.3 Å². The van der Waals surface area contributed by atoms with Crippen LogP contribution in [0, 0.1) is 0 Å². The predicted octanol–water partition coefficient (Wildman–Crippen LogP) is 4.88. The quantitative estimate of drug-likeness (QED) is 0.440. The van der Waals surface area contributed by atoms with Gasteiger partial charge in [-0.25, -0.2) is 19.6 Å². The number of carbonyl (C=O) groups is 2. The van der Waals surface area contributed by atoms with Gasteiger partial charge in [-0.1, -0.05) is 0 Å². The summed E-state index contributed by atoms with van der Waals surface area (Å²) in [5.74, 6) is -1.71. The summed E-state index contributed by atoms with van der Waals surface area (Å²) in [5, 5.41) is 8.78. The topological polar surface area (TPSA) is 109 Å². The van der Waals surface area contributed by atoms with E-state index in [1.807, 2.05) is 0 Å². The third-order valence-corrected chi connectivity index (χ3v) is 6.43. The van der Waals surface area contributed by atoms with Crippen LogP contribution >= 0.6 is 15.9 Å². The lowest BCUT2D eigenvalue weighted by molar-refractivity contribution is -0.148. The van der Waals surface area contributed by atoms with E-state index in [0.29, 0.717) is 5.69 Å². The van der Waals surface area contributed by atoms with Crippen molar-refractivity contribution in [3.05, 3.63) is 27.6 Å². The molecule has 2 aliphatic heterocycles. The molecule has 224 valence electrons. The van der Waals surface area contributed by atoms with Crippen molar-refractivity contribution in [2.24, 2.45) is 0 Å². The van der Waals surface area contributed by atoms with Gasteiger partial charge in [0.2, 0.25) is 11.6 Å². The van der Waals surface area contributed by atoms with Crippen LogP contribution in [0.1, 0.15) is 43.8 Å². The first kappa shape index (κ1) is 31.3. The Morgan fingerprint density at radius 3 is 1.80 bits per heavy atom. The zero-order chi connectivity index (χ0) is 30.4. The van der Waals surface area contributed by atoms with Gasteiger partial charge in [0.05, 0.1) is 24.5 Å². The van der Waals surface area contributed by atoms with Gasteiger partial charge >= 0.3 is 24.5 Å². The molecule has 0 bridgehead atoms. The average Bonchev–Trinajstić information content (AvgIpc) is 3.36. The lowest BCUT2D eigenvalue weighted by atomic mass is 10.2. The number of imidazole rings is 2. The van der Waals surface area contributed by atoms with Crippen LogP contribution < -0.4 is 4.90 Å². The summed E-state index contributed by atoms with van der Waals surface area (Å²) < 4.78 is 84.7. The van der Waals surface area contributed by atoms with Crippen molar-refractivity contribution in [3.63, 3.8) is 0 Å². The summed E-state index contributed by atoms with van der Waals surface area (Å²) in [6, 6.07) is 0. The number of rotatable bonds is 1. The maximum absolute atomic E-state index is 13.1. The van der Waals surface area contributed by atoms with Gasteiger partial charge in [0.25, 0.3) is 0 Å². The van der Waals surface area contributed by atoms with Crippen LogP contribution in [0.3, 0.4) is 0 Å². The molecule has 0 fully saturated rings. The molecule has 2 aromatic heterocycles. The zero-order valence-electron chi connectivity index (χ0n) is 22.2. The van der Waals surface area contributed by atoms with Crippen molar-refractivity contribution in [3.8, 4) is 0 Å². The maximum Gasteiger partial charge on any atom is 0.449 e. The second kappa shape index (κ2) is 11.0. The number of alkyl halides is 6. The van der Waals surface area contributed by atoms with Crippen molar-refractivity contribution in [2.45, 2.75) is 64.9 Å². The van der Waals surface area contributed by atoms with Crippen LogP contribution in [0.5, 0.6) is 0 Å². The molecular formula is C22H28BrF6N7O4. The second-order valence-corrected chi connectivity index (χ2v) is 10.9. The van der Waals surface area contributed by atoms with Crippen LogP contribution in [-0.4, -0.2) is 79.0 Å². The number of amides is 2. The molecule has 2 amide bonds. The van der Waals surface area contributed by atoms with E-state index < -0.39 is 41.8 Å². The maximum atomic E-state index is 13.1. The van der Waals surface area contributed by atoms with E-state index in [4.69, 9.17) is 9.84 Å². The van der Waals surface area contributed by atoms with Gasteiger partial charge in [0.1, 0.15) is 10.2 Å². The minimum absolute atomic E-state index is 0.0220. The Labute approximate surface area is 233 Å². The number of anilines is 1. The number of hydrogen-bond acceptors (Lipinski definition) is 6. The summed E-state index contributed by atoms with van der Waals surface area (Å²) in [7, 11) is 3.24. The minimum Gasteiger partial charge on any atom is -0.465 e. The van der Waals surface area contributed by atoms with Crippen LogP contribution in [0.15, 0.2) is 4.60 Å². The Morgan fingerprint density at radius 1 is 0.850 bits per heavy atom. The minimum atomic E-state index is -4.54. The lowest BCUT2D eigenvalue weighted by Gasteiger charge is -2.32. The summed E-state index contributed by atoms with van der Waals surface area (Å²) in [4.78, 5) is 33.9. The Hall–Kier alpha value is -3.18. The second-order valence-electron chi connectivity index (χ2n) is 10.2. The van der Waals surface area contributed by atoms with E-state index in [1.54, 1.807) is 34.9 Å². The molecule has 0 atom stereocenters. The van der Waals surface area contributed by atoms with E-state index in [1.165, 1.54) is 9.80 Å². The van der Waals surface area contributed by atoms with Crippen LogP contribution in [0.2, 0.25) is 0 Å². The highest BCUT2D eigenvalue weighted by Gasteiger charge is 2.42. The Morgan fingerprint density at radius 2 is 1.32 bits per heavy atom. The molecule has 2 aliphatic rings. The molecular weight excluding hydrogens is 620 g/mol. The summed E-state index contributed by atoms with van der Waals surface area (Å²) in [6.45, 7) is 5.32. The molecule has 2 aromatic rings. The Kier molecular flexibility index (Phi) is 8.62. The molecule has 0 aromatic carbocycles. The molecule has 1 N–H and O–H groups in total. The van der Waals surface area contributed by atoms with Crippen LogP contribution in [-0.2, 0) is 43.3 Å². The highest BCUT2D eigenvalue weighted by molar-refractivity contribution is 9.10. The highest BCUT2D eigenvalue weighted by Crippen LogP contribution is 2.36. The van der Waals surface area contributed by atoms with E-state index in [-0.39, 0.29) is 55.4 Å². The van der Waals surface area contributed by atoms with Crippen molar-refractivity contribution >= 4 is 33.9 Å². The Bertz CT molecular complexity index is 1270. The number of ether oxygens (including phenoxy) is 1. The Balaban J connectivity index is 0.000000230. The molecule has 4 rings (SSSR count). The molecule has 4 heterocycles. The molecule has 0 saturated carbocycles. The summed E-state index contributed by atoms with van der Waals surface area (Å²) >= 11 is 2.92. The fraction of sp³-hybridized carbons (Fsp3) is 0.636. The van der Waals surface area contributed by atoms with Crippen molar-refractivity contribution in [1.82, 2.24) is 28.9 Å². The molecule has 0 spiro atoms. The number of nitrogens with zero attached hydrogens (tertiary/aromatic N) is 7. The normalized spacial score (nSPS) is 15.6. The number of aromatic nitrogens is 4. The molecule has 0 aliphatic carbocycles. The van der Waals surface area contributed by atoms with Gasteiger partial charge < -0.3 is 33.7 Å². The van der Waals surface area contributed by atoms with Gasteiger partial charge in [-0.3, -0.25) is 0 Å². The van der Waals surface area contributed by atoms with Gasteiger partial charge in [0.15, 0.2) is 5.82 Å². The standard InChI is InChI=1S/C14H21F3N4O2.C8H7BrF3N3O2/c1-13(2,3)23-12(22)20-6-7-21-9(8-20)10(19(4)5)18-11(21)14(15,16)17;9-5-4-3-14(7(16)17)1-2-15(4)6(13-5)8(10,11)12/h6-8H2,1-5H3;1-3H2,(H,16,17). The van der Waals surface area contributed by atoms with Crippen LogP contribution in [0.4, 0.5) is 41.7 Å². The first-order chi connectivity index (χ1) is 18.2. The highest BCUT2D eigenvalue weighted by atomic mass is 79.9. The molecule has 18 heteroatoms. The van der Waals surface area contributed by atoms with Crippen molar-refractivity contribution in [2.75, 3.05) is 32.1 Å². The average molecular weight is 648 g/mol. The third kappa shape index (κ3) is 6.93. The van der Waals surface area contributed by atoms with E-state index in [0.717, 1.165) is 14.0 Å². The fourth-order valence-electron chi connectivity index (χ4n) is 4.12.